The first kappa shape index (κ1) is 11.7. The number of halogens is 2. The predicted octanol–water partition coefficient (Wildman–Crippen LogP) is 2.29. The van der Waals surface area contributed by atoms with Gasteiger partial charge in [0.15, 0.2) is 5.69 Å². The van der Waals surface area contributed by atoms with Crippen LogP contribution in [0.15, 0.2) is 4.47 Å². The molecule has 0 unspecified atom stereocenters. The number of carbonyl (C=O) groups excluding carboxylic acids is 1. The summed E-state index contributed by atoms with van der Waals surface area (Å²) in [6.07, 6.45) is 0.760. The standard InChI is InChI=1S/C8H10Br2N2O2/c1-2-14-8(13)7-6(10)5(3-4-9)11-12-7/h2-4H2,1H3,(H,11,12). The first-order chi connectivity index (χ1) is 6.70. The van der Waals surface area contributed by atoms with Gasteiger partial charge in [-0.3, -0.25) is 5.10 Å². The molecule has 1 N–H and O–H groups in total. The van der Waals surface area contributed by atoms with Crippen LogP contribution in [-0.2, 0) is 11.2 Å². The lowest BCUT2D eigenvalue weighted by Gasteiger charge is -1.98. The van der Waals surface area contributed by atoms with Crippen molar-refractivity contribution in [2.75, 3.05) is 11.9 Å². The highest BCUT2D eigenvalue weighted by molar-refractivity contribution is 9.10. The molecule has 0 aromatic carbocycles. The fourth-order valence-electron chi connectivity index (χ4n) is 0.959. The third kappa shape index (κ3) is 2.57. The fraction of sp³-hybridized carbons (Fsp3) is 0.500. The molecule has 0 bridgehead atoms. The second-order valence-corrected chi connectivity index (χ2v) is 4.10. The molecule has 0 aliphatic carbocycles. The van der Waals surface area contributed by atoms with Crippen LogP contribution < -0.4 is 0 Å². The predicted molar refractivity (Wildman–Crippen MR) is 59.7 cm³/mol. The fourth-order valence-corrected chi connectivity index (χ4v) is 1.87. The summed E-state index contributed by atoms with van der Waals surface area (Å²) in [4.78, 5) is 11.3. The van der Waals surface area contributed by atoms with E-state index in [-0.39, 0.29) is 5.97 Å². The minimum atomic E-state index is -0.382. The van der Waals surface area contributed by atoms with E-state index in [4.69, 9.17) is 4.74 Å². The van der Waals surface area contributed by atoms with Gasteiger partial charge in [-0.2, -0.15) is 5.10 Å². The summed E-state index contributed by atoms with van der Waals surface area (Å²) < 4.78 is 5.54. The highest BCUT2D eigenvalue weighted by Crippen LogP contribution is 2.20. The minimum absolute atomic E-state index is 0.359. The summed E-state index contributed by atoms with van der Waals surface area (Å²) in [5, 5.41) is 7.46. The minimum Gasteiger partial charge on any atom is -0.461 e. The second-order valence-electron chi connectivity index (χ2n) is 2.52. The van der Waals surface area contributed by atoms with Gasteiger partial charge in [0.25, 0.3) is 0 Å². The van der Waals surface area contributed by atoms with Crippen LogP contribution in [0.25, 0.3) is 0 Å². The Kier molecular flexibility index (Phi) is 4.60. The molecule has 1 aromatic heterocycles. The van der Waals surface area contributed by atoms with E-state index in [2.05, 4.69) is 42.1 Å². The Morgan fingerprint density at radius 3 is 2.93 bits per heavy atom. The van der Waals surface area contributed by atoms with E-state index in [1.165, 1.54) is 0 Å². The number of ether oxygens (including phenoxy) is 1. The van der Waals surface area contributed by atoms with Crippen LogP contribution in [0.3, 0.4) is 0 Å². The summed E-state index contributed by atoms with van der Waals surface area (Å²) in [6, 6.07) is 0. The van der Waals surface area contributed by atoms with Crippen LogP contribution in [0.5, 0.6) is 0 Å². The van der Waals surface area contributed by atoms with Crippen LogP contribution in [0.1, 0.15) is 23.1 Å². The van der Waals surface area contributed by atoms with E-state index in [9.17, 15) is 4.79 Å². The van der Waals surface area contributed by atoms with E-state index in [0.29, 0.717) is 16.8 Å². The van der Waals surface area contributed by atoms with Crippen LogP contribution >= 0.6 is 31.9 Å². The zero-order chi connectivity index (χ0) is 10.6. The molecule has 0 radical (unpaired) electrons. The van der Waals surface area contributed by atoms with Gasteiger partial charge in [-0.1, -0.05) is 15.9 Å². The number of carbonyl (C=O) groups is 1. The van der Waals surface area contributed by atoms with E-state index in [1.807, 2.05) is 0 Å². The lowest BCUT2D eigenvalue weighted by atomic mass is 10.3. The van der Waals surface area contributed by atoms with Gasteiger partial charge < -0.3 is 4.74 Å². The number of hydrogen-bond acceptors (Lipinski definition) is 3. The summed E-state index contributed by atoms with van der Waals surface area (Å²) in [5.41, 5.74) is 1.20. The highest BCUT2D eigenvalue weighted by atomic mass is 79.9. The first-order valence-corrected chi connectivity index (χ1v) is 6.08. The maximum atomic E-state index is 11.3. The molecular weight excluding hydrogens is 316 g/mol. The largest absolute Gasteiger partial charge is 0.461 e. The molecule has 4 nitrogen and oxygen atoms in total. The highest BCUT2D eigenvalue weighted by Gasteiger charge is 2.17. The molecule has 6 heteroatoms. The van der Waals surface area contributed by atoms with Gasteiger partial charge >= 0.3 is 5.97 Å². The number of aryl methyl sites for hydroxylation is 1. The monoisotopic (exact) mass is 324 g/mol. The number of H-pyrrole nitrogens is 1. The van der Waals surface area contributed by atoms with Crippen molar-refractivity contribution in [3.63, 3.8) is 0 Å². The van der Waals surface area contributed by atoms with Crippen LogP contribution in [0, 0.1) is 0 Å². The van der Waals surface area contributed by atoms with Crippen molar-refractivity contribution in [1.82, 2.24) is 10.2 Å². The van der Waals surface area contributed by atoms with Crippen LogP contribution in [0.2, 0.25) is 0 Å². The molecule has 0 aliphatic rings. The van der Waals surface area contributed by atoms with E-state index >= 15 is 0 Å². The molecule has 78 valence electrons. The average molecular weight is 326 g/mol. The van der Waals surface area contributed by atoms with Crippen LogP contribution in [0.4, 0.5) is 0 Å². The van der Waals surface area contributed by atoms with Crippen molar-refractivity contribution in [2.45, 2.75) is 13.3 Å². The van der Waals surface area contributed by atoms with E-state index < -0.39 is 0 Å². The molecule has 0 spiro atoms. The third-order valence-corrected chi connectivity index (χ3v) is 2.84. The van der Waals surface area contributed by atoms with Gasteiger partial charge in [0, 0.05) is 11.8 Å². The maximum absolute atomic E-state index is 11.3. The van der Waals surface area contributed by atoms with Gasteiger partial charge in [-0.05, 0) is 22.9 Å². The number of esters is 1. The molecule has 1 rings (SSSR count). The van der Waals surface area contributed by atoms with E-state index in [0.717, 1.165) is 17.4 Å². The number of aromatic amines is 1. The number of aromatic nitrogens is 2. The zero-order valence-corrected chi connectivity index (χ0v) is 10.8. The smallest absolute Gasteiger partial charge is 0.357 e. The number of nitrogens with zero attached hydrogens (tertiary/aromatic N) is 1. The molecule has 0 amide bonds. The topological polar surface area (TPSA) is 55.0 Å². The molecule has 0 saturated carbocycles. The Bertz CT molecular complexity index is 325. The summed E-state index contributed by atoms with van der Waals surface area (Å²) in [7, 11) is 0. The summed E-state index contributed by atoms with van der Waals surface area (Å²) in [5.74, 6) is -0.382. The Labute approximate surface area is 98.7 Å². The molecule has 0 saturated heterocycles. The van der Waals surface area contributed by atoms with Gasteiger partial charge in [0.1, 0.15) is 0 Å². The molecule has 1 aromatic rings. The van der Waals surface area contributed by atoms with Gasteiger partial charge in [-0.15, -0.1) is 0 Å². The van der Waals surface area contributed by atoms with Crippen molar-refractivity contribution >= 4 is 37.8 Å². The van der Waals surface area contributed by atoms with Crippen molar-refractivity contribution in [3.8, 4) is 0 Å². The Morgan fingerprint density at radius 1 is 1.64 bits per heavy atom. The quantitative estimate of drug-likeness (QED) is 0.682. The normalized spacial score (nSPS) is 10.2. The average Bonchev–Trinajstić information content (AvgIpc) is 2.49. The Morgan fingerprint density at radius 2 is 2.36 bits per heavy atom. The molecule has 14 heavy (non-hydrogen) atoms. The van der Waals surface area contributed by atoms with Crippen molar-refractivity contribution in [2.24, 2.45) is 0 Å². The van der Waals surface area contributed by atoms with Gasteiger partial charge in [-0.25, -0.2) is 4.79 Å². The SMILES string of the molecule is CCOC(=O)c1[nH]nc(CCBr)c1Br. The number of alkyl halides is 1. The molecule has 1 heterocycles. The summed E-state index contributed by atoms with van der Waals surface area (Å²) >= 11 is 6.61. The summed E-state index contributed by atoms with van der Waals surface area (Å²) in [6.45, 7) is 2.12. The first-order valence-electron chi connectivity index (χ1n) is 4.16. The molecule has 0 aliphatic heterocycles. The van der Waals surface area contributed by atoms with Gasteiger partial charge in [0.05, 0.1) is 16.8 Å². The van der Waals surface area contributed by atoms with E-state index in [1.54, 1.807) is 6.92 Å². The lowest BCUT2D eigenvalue weighted by Crippen LogP contribution is -2.05. The van der Waals surface area contributed by atoms with Crippen LogP contribution in [-0.4, -0.2) is 28.1 Å². The number of nitrogens with one attached hydrogen (secondary N) is 1. The molecular formula is C8H10Br2N2O2. The zero-order valence-electron chi connectivity index (χ0n) is 7.64. The Balaban J connectivity index is 2.83. The van der Waals surface area contributed by atoms with Crippen molar-refractivity contribution in [3.05, 3.63) is 15.9 Å². The number of rotatable bonds is 4. The van der Waals surface area contributed by atoms with Gasteiger partial charge in [0.2, 0.25) is 0 Å². The number of hydrogen-bond donors (Lipinski definition) is 1. The maximum Gasteiger partial charge on any atom is 0.357 e. The lowest BCUT2D eigenvalue weighted by molar-refractivity contribution is 0.0518. The second kappa shape index (κ2) is 5.50. The van der Waals surface area contributed by atoms with Crippen molar-refractivity contribution in [1.29, 1.82) is 0 Å². The van der Waals surface area contributed by atoms with Crippen molar-refractivity contribution < 1.29 is 9.53 Å². The third-order valence-electron chi connectivity index (χ3n) is 1.59. The molecule has 0 atom stereocenters. The molecule has 0 fully saturated rings. The Hall–Kier alpha value is -0.360.